The van der Waals surface area contributed by atoms with E-state index in [1.54, 1.807) is 42.5 Å². The van der Waals surface area contributed by atoms with Crippen molar-refractivity contribution in [1.82, 2.24) is 0 Å². The highest BCUT2D eigenvalue weighted by Crippen LogP contribution is 2.29. The number of benzene rings is 4. The van der Waals surface area contributed by atoms with E-state index in [2.05, 4.69) is 10.0 Å². The molecule has 4 aromatic rings. The maximum Gasteiger partial charge on any atom is 0.265 e. The minimum Gasteiger partial charge on any atom is -0.497 e. The number of carbonyl (C=O) groups is 1. The fraction of sp³-hybridized carbons (Fsp3) is 0.0800. The van der Waals surface area contributed by atoms with Gasteiger partial charge in [-0.15, -0.1) is 0 Å². The van der Waals surface area contributed by atoms with Crippen LogP contribution in [-0.4, -0.2) is 28.5 Å². The van der Waals surface area contributed by atoms with Crippen LogP contribution in [0.25, 0.3) is 10.8 Å². The highest BCUT2D eigenvalue weighted by Gasteiger charge is 2.21. The number of methoxy groups -OCH3 is 2. The predicted octanol–water partition coefficient (Wildman–Crippen LogP) is 4.91. The van der Waals surface area contributed by atoms with Gasteiger partial charge in [0.25, 0.3) is 15.9 Å². The number of anilines is 2. The van der Waals surface area contributed by atoms with Gasteiger partial charge in [-0.2, -0.15) is 0 Å². The number of amides is 1. The summed E-state index contributed by atoms with van der Waals surface area (Å²) in [6.45, 7) is 0. The maximum atomic E-state index is 13.1. The molecule has 2 N–H and O–H groups in total. The monoisotopic (exact) mass is 462 g/mol. The standard InChI is InChI=1S/C25H22N2O5S/c1-31-22-12-9-20(10-13-22)27-33(29,30)24-16-21(11-14-23(24)32-2)26-25(28)19-8-7-17-5-3-4-6-18(17)15-19/h3-16,27H,1-2H3,(H,26,28). The van der Waals surface area contributed by atoms with Crippen LogP contribution in [0.3, 0.4) is 0 Å². The third-order valence-electron chi connectivity index (χ3n) is 5.06. The van der Waals surface area contributed by atoms with Crippen LogP contribution in [0.1, 0.15) is 10.4 Å². The molecular weight excluding hydrogens is 440 g/mol. The molecule has 0 radical (unpaired) electrons. The second-order valence-corrected chi connectivity index (χ2v) is 8.87. The molecule has 8 heteroatoms. The second kappa shape index (κ2) is 9.22. The molecule has 4 aromatic carbocycles. The number of fused-ring (bicyclic) bond motifs is 1. The summed E-state index contributed by atoms with van der Waals surface area (Å²) < 4.78 is 39.0. The molecule has 168 valence electrons. The summed E-state index contributed by atoms with van der Waals surface area (Å²) in [7, 11) is -1.08. The topological polar surface area (TPSA) is 93.7 Å². The van der Waals surface area contributed by atoms with Crippen LogP contribution < -0.4 is 19.5 Å². The molecule has 0 saturated heterocycles. The summed E-state index contributed by atoms with van der Waals surface area (Å²) in [6.07, 6.45) is 0. The molecule has 0 atom stereocenters. The Bertz CT molecular complexity index is 1420. The van der Waals surface area contributed by atoms with Crippen molar-refractivity contribution in [1.29, 1.82) is 0 Å². The van der Waals surface area contributed by atoms with Crippen LogP contribution in [0.4, 0.5) is 11.4 Å². The van der Waals surface area contributed by atoms with Crippen LogP contribution in [0.5, 0.6) is 11.5 Å². The molecule has 0 bridgehead atoms. The van der Waals surface area contributed by atoms with Gasteiger partial charge in [-0.3, -0.25) is 9.52 Å². The molecule has 33 heavy (non-hydrogen) atoms. The molecule has 4 rings (SSSR count). The van der Waals surface area contributed by atoms with Gasteiger partial charge in [0.05, 0.1) is 14.2 Å². The lowest BCUT2D eigenvalue weighted by Crippen LogP contribution is -2.16. The van der Waals surface area contributed by atoms with E-state index in [1.165, 1.54) is 26.4 Å². The van der Waals surface area contributed by atoms with E-state index >= 15 is 0 Å². The Balaban J connectivity index is 1.60. The zero-order chi connectivity index (χ0) is 23.4. The van der Waals surface area contributed by atoms with Crippen molar-refractivity contribution in [2.24, 2.45) is 0 Å². The van der Waals surface area contributed by atoms with E-state index < -0.39 is 10.0 Å². The average molecular weight is 463 g/mol. The molecule has 0 aromatic heterocycles. The van der Waals surface area contributed by atoms with Gasteiger partial charge in [-0.25, -0.2) is 8.42 Å². The van der Waals surface area contributed by atoms with Gasteiger partial charge in [0, 0.05) is 16.9 Å². The van der Waals surface area contributed by atoms with Gasteiger partial charge in [0.1, 0.15) is 16.4 Å². The molecule has 0 aliphatic heterocycles. The molecule has 7 nitrogen and oxygen atoms in total. The first-order valence-corrected chi connectivity index (χ1v) is 11.5. The van der Waals surface area contributed by atoms with Crippen molar-refractivity contribution in [2.45, 2.75) is 4.90 Å². The third-order valence-corrected chi connectivity index (χ3v) is 6.47. The Hall–Kier alpha value is -4.04. The van der Waals surface area contributed by atoms with Crippen molar-refractivity contribution in [2.75, 3.05) is 24.3 Å². The van der Waals surface area contributed by atoms with Crippen molar-refractivity contribution in [3.05, 3.63) is 90.5 Å². The zero-order valence-corrected chi connectivity index (χ0v) is 18.8. The molecule has 0 aliphatic carbocycles. The number of nitrogens with one attached hydrogen (secondary N) is 2. The predicted molar refractivity (Wildman–Crippen MR) is 129 cm³/mol. The van der Waals surface area contributed by atoms with E-state index in [9.17, 15) is 13.2 Å². The number of sulfonamides is 1. The van der Waals surface area contributed by atoms with Gasteiger partial charge in [-0.1, -0.05) is 30.3 Å². The second-order valence-electron chi connectivity index (χ2n) is 7.22. The molecular formula is C25H22N2O5S. The van der Waals surface area contributed by atoms with Crippen molar-refractivity contribution >= 4 is 38.1 Å². The summed E-state index contributed by atoms with van der Waals surface area (Å²) in [4.78, 5) is 12.7. The molecule has 1 amide bonds. The van der Waals surface area contributed by atoms with Gasteiger partial charge < -0.3 is 14.8 Å². The maximum absolute atomic E-state index is 13.1. The Labute approximate surface area is 192 Å². The molecule has 0 heterocycles. The largest absolute Gasteiger partial charge is 0.497 e. The van der Waals surface area contributed by atoms with Gasteiger partial charge in [0.15, 0.2) is 0 Å². The molecule has 0 fully saturated rings. The number of carbonyl (C=O) groups excluding carboxylic acids is 1. The Kier molecular flexibility index (Phi) is 6.19. The molecule has 0 saturated carbocycles. The van der Waals surface area contributed by atoms with E-state index in [0.717, 1.165) is 10.8 Å². The van der Waals surface area contributed by atoms with Crippen LogP contribution in [-0.2, 0) is 10.0 Å². The van der Waals surface area contributed by atoms with Crippen LogP contribution in [0, 0.1) is 0 Å². The Morgan fingerprint density at radius 3 is 2.15 bits per heavy atom. The first kappa shape index (κ1) is 22.2. The van der Waals surface area contributed by atoms with E-state index in [-0.39, 0.29) is 16.6 Å². The van der Waals surface area contributed by atoms with Crippen LogP contribution in [0.15, 0.2) is 89.8 Å². The van der Waals surface area contributed by atoms with Crippen molar-refractivity contribution in [3.8, 4) is 11.5 Å². The van der Waals surface area contributed by atoms with E-state index in [4.69, 9.17) is 9.47 Å². The highest BCUT2D eigenvalue weighted by molar-refractivity contribution is 7.92. The minimum absolute atomic E-state index is 0.0999. The van der Waals surface area contributed by atoms with Crippen molar-refractivity contribution < 1.29 is 22.7 Å². The third kappa shape index (κ3) is 4.91. The quantitative estimate of drug-likeness (QED) is 0.407. The summed E-state index contributed by atoms with van der Waals surface area (Å²) in [5.41, 5.74) is 1.15. The fourth-order valence-electron chi connectivity index (χ4n) is 3.37. The normalized spacial score (nSPS) is 11.1. The van der Waals surface area contributed by atoms with E-state index in [1.807, 2.05) is 30.3 Å². The van der Waals surface area contributed by atoms with E-state index in [0.29, 0.717) is 22.7 Å². The first-order chi connectivity index (χ1) is 15.9. The summed E-state index contributed by atoms with van der Waals surface area (Å²) in [5.74, 6) is 0.408. The van der Waals surface area contributed by atoms with Crippen LogP contribution in [0.2, 0.25) is 0 Å². The highest BCUT2D eigenvalue weighted by atomic mass is 32.2. The SMILES string of the molecule is COc1ccc(NS(=O)(=O)c2cc(NC(=O)c3ccc4ccccc4c3)ccc2OC)cc1. The molecule has 0 spiro atoms. The minimum atomic E-state index is -3.99. The molecule has 0 aliphatic rings. The summed E-state index contributed by atoms with van der Waals surface area (Å²) in [6, 6.07) is 24.0. The Morgan fingerprint density at radius 1 is 0.758 bits per heavy atom. The number of hydrogen-bond acceptors (Lipinski definition) is 5. The van der Waals surface area contributed by atoms with Gasteiger partial charge >= 0.3 is 0 Å². The fourth-order valence-corrected chi connectivity index (χ4v) is 4.62. The lowest BCUT2D eigenvalue weighted by atomic mass is 10.1. The summed E-state index contributed by atoms with van der Waals surface area (Å²) >= 11 is 0. The average Bonchev–Trinajstić information content (AvgIpc) is 2.84. The molecule has 0 unspecified atom stereocenters. The number of ether oxygens (including phenoxy) is 2. The van der Waals surface area contributed by atoms with Crippen molar-refractivity contribution in [3.63, 3.8) is 0 Å². The zero-order valence-electron chi connectivity index (χ0n) is 18.0. The lowest BCUT2D eigenvalue weighted by molar-refractivity contribution is 0.102. The number of hydrogen-bond donors (Lipinski definition) is 2. The lowest BCUT2D eigenvalue weighted by Gasteiger charge is -2.14. The smallest absolute Gasteiger partial charge is 0.265 e. The first-order valence-electron chi connectivity index (χ1n) is 10.0. The Morgan fingerprint density at radius 2 is 1.45 bits per heavy atom. The number of rotatable bonds is 7. The van der Waals surface area contributed by atoms with Gasteiger partial charge in [-0.05, 0) is 65.4 Å². The summed E-state index contributed by atoms with van der Waals surface area (Å²) in [5, 5.41) is 4.72. The van der Waals surface area contributed by atoms with Crippen LogP contribution >= 0.6 is 0 Å². The van der Waals surface area contributed by atoms with Gasteiger partial charge in [0.2, 0.25) is 0 Å².